The number of nitrogens with zero attached hydrogens (tertiary/aromatic N) is 1. The number of benzene rings is 2. The molecule has 1 heterocycles. The summed E-state index contributed by atoms with van der Waals surface area (Å²) in [6, 6.07) is 10.4. The van der Waals surface area contributed by atoms with Crippen LogP contribution in [-0.2, 0) is 39.7 Å². The zero-order chi connectivity index (χ0) is 29.3. The molecule has 1 amide bonds. The molecule has 0 radical (unpaired) electrons. The Morgan fingerprint density at radius 2 is 1.75 bits per heavy atom. The van der Waals surface area contributed by atoms with Crippen molar-refractivity contribution in [3.05, 3.63) is 59.7 Å². The van der Waals surface area contributed by atoms with E-state index in [0.29, 0.717) is 22.8 Å². The molecule has 0 aliphatic carbocycles. The third-order valence-corrected chi connectivity index (χ3v) is 7.25. The van der Waals surface area contributed by atoms with E-state index in [9.17, 15) is 31.2 Å². The average Bonchev–Trinajstić information content (AvgIpc) is 2.90. The number of methoxy groups -OCH3 is 1. The van der Waals surface area contributed by atoms with Gasteiger partial charge in [-0.25, -0.2) is 9.59 Å². The van der Waals surface area contributed by atoms with E-state index in [1.165, 1.54) is 24.3 Å². The van der Waals surface area contributed by atoms with Gasteiger partial charge in [0.2, 0.25) is 0 Å². The van der Waals surface area contributed by atoms with Gasteiger partial charge in [0, 0.05) is 19.4 Å². The van der Waals surface area contributed by atoms with Gasteiger partial charge in [0.25, 0.3) is 10.1 Å². The molecule has 2 aromatic rings. The Morgan fingerprint density at radius 1 is 1.07 bits per heavy atom. The van der Waals surface area contributed by atoms with E-state index in [-0.39, 0.29) is 11.3 Å². The molecule has 2 unspecified atom stereocenters. The predicted octanol–water partition coefficient (Wildman–Crippen LogP) is 4.35. The first kappa shape index (κ1) is 31.2. The lowest BCUT2D eigenvalue weighted by Gasteiger charge is -2.29. The first-order chi connectivity index (χ1) is 18.9. The Hall–Kier alpha value is -3.36. The van der Waals surface area contributed by atoms with Crippen LogP contribution in [0.15, 0.2) is 53.4 Å². The average molecular weight is 590 g/mol. The van der Waals surface area contributed by atoms with Crippen LogP contribution in [0.1, 0.15) is 30.4 Å². The molecule has 14 heteroatoms. The van der Waals surface area contributed by atoms with Gasteiger partial charge in [-0.3, -0.25) is 9.08 Å². The van der Waals surface area contributed by atoms with E-state index in [4.69, 9.17) is 18.4 Å². The van der Waals surface area contributed by atoms with Crippen molar-refractivity contribution in [1.29, 1.82) is 0 Å². The van der Waals surface area contributed by atoms with E-state index in [0.717, 1.165) is 31.9 Å². The van der Waals surface area contributed by atoms with Gasteiger partial charge in [0.15, 0.2) is 6.29 Å². The molecule has 0 N–H and O–H groups in total. The van der Waals surface area contributed by atoms with Gasteiger partial charge in [-0.05, 0) is 49.6 Å². The van der Waals surface area contributed by atoms with Crippen molar-refractivity contribution < 1.29 is 54.3 Å². The van der Waals surface area contributed by atoms with Gasteiger partial charge in [0.05, 0.1) is 25.2 Å². The molecule has 1 aliphatic rings. The van der Waals surface area contributed by atoms with Crippen molar-refractivity contribution in [2.75, 3.05) is 26.9 Å². The van der Waals surface area contributed by atoms with Gasteiger partial charge >= 0.3 is 18.4 Å². The summed E-state index contributed by atoms with van der Waals surface area (Å²) in [5, 5.41) is 0. The summed E-state index contributed by atoms with van der Waals surface area (Å²) in [5.74, 6) is -0.565. The second-order valence-electron chi connectivity index (χ2n) is 8.90. The highest BCUT2D eigenvalue weighted by Crippen LogP contribution is 2.23. The molecule has 3 rings (SSSR count). The second kappa shape index (κ2) is 13.8. The molecule has 220 valence electrons. The van der Waals surface area contributed by atoms with Gasteiger partial charge < -0.3 is 18.9 Å². The normalized spacial score (nSPS) is 16.6. The SMILES string of the molecule is COC(=O)C(Cc1ccc(OC2CCCCO2)cc1)N(CCOS(=O)(=O)c1ccc(C)cc1)C(=O)OC(F)(F)F. The number of halogens is 3. The van der Waals surface area contributed by atoms with Crippen LogP contribution in [-0.4, -0.2) is 70.9 Å². The minimum Gasteiger partial charge on any atom is -0.467 e. The van der Waals surface area contributed by atoms with Crippen molar-refractivity contribution in [2.24, 2.45) is 0 Å². The maximum atomic E-state index is 12.9. The van der Waals surface area contributed by atoms with Crippen LogP contribution < -0.4 is 4.74 Å². The van der Waals surface area contributed by atoms with E-state index in [2.05, 4.69) is 4.74 Å². The van der Waals surface area contributed by atoms with E-state index in [1.807, 2.05) is 0 Å². The van der Waals surface area contributed by atoms with Crippen LogP contribution >= 0.6 is 0 Å². The third-order valence-electron chi connectivity index (χ3n) is 5.93. The fraction of sp³-hybridized carbons (Fsp3) is 0.462. The van der Waals surface area contributed by atoms with Crippen molar-refractivity contribution >= 4 is 22.2 Å². The van der Waals surface area contributed by atoms with Crippen LogP contribution in [0.25, 0.3) is 0 Å². The Balaban J connectivity index is 1.76. The molecule has 2 atom stereocenters. The molecule has 1 aliphatic heterocycles. The second-order valence-corrected chi connectivity index (χ2v) is 10.5. The maximum Gasteiger partial charge on any atom is 0.576 e. The Bertz CT molecular complexity index is 1230. The molecule has 10 nitrogen and oxygen atoms in total. The summed E-state index contributed by atoms with van der Waals surface area (Å²) in [7, 11) is -3.30. The fourth-order valence-electron chi connectivity index (χ4n) is 3.89. The lowest BCUT2D eigenvalue weighted by atomic mass is 10.0. The lowest BCUT2D eigenvalue weighted by molar-refractivity contribution is -0.295. The smallest absolute Gasteiger partial charge is 0.467 e. The molecule has 40 heavy (non-hydrogen) atoms. The number of carbonyl (C=O) groups is 2. The minimum absolute atomic E-state index is 0.187. The summed E-state index contributed by atoms with van der Waals surface area (Å²) in [4.78, 5) is 25.3. The Morgan fingerprint density at radius 3 is 2.33 bits per heavy atom. The molecule has 1 fully saturated rings. The molecule has 0 aromatic heterocycles. The number of aryl methyl sites for hydroxylation is 1. The van der Waals surface area contributed by atoms with Gasteiger partial charge in [-0.2, -0.15) is 8.42 Å². The summed E-state index contributed by atoms with van der Waals surface area (Å²) in [6.45, 7) is 0.842. The Kier molecular flexibility index (Phi) is 10.8. The number of alkyl halides is 3. The van der Waals surface area contributed by atoms with Crippen molar-refractivity contribution in [2.45, 2.75) is 56.2 Å². The number of amides is 1. The van der Waals surface area contributed by atoms with Crippen LogP contribution in [0.3, 0.4) is 0 Å². The zero-order valence-electron chi connectivity index (χ0n) is 21.9. The summed E-state index contributed by atoms with van der Waals surface area (Å²) >= 11 is 0. The topological polar surface area (TPSA) is 118 Å². The monoisotopic (exact) mass is 589 g/mol. The predicted molar refractivity (Wildman–Crippen MR) is 134 cm³/mol. The third kappa shape index (κ3) is 9.38. The summed E-state index contributed by atoms with van der Waals surface area (Å²) < 4.78 is 88.2. The van der Waals surface area contributed by atoms with Crippen molar-refractivity contribution in [3.63, 3.8) is 0 Å². The highest BCUT2D eigenvalue weighted by atomic mass is 32.2. The van der Waals surface area contributed by atoms with Crippen molar-refractivity contribution in [1.82, 2.24) is 4.90 Å². The summed E-state index contributed by atoms with van der Waals surface area (Å²) in [5.41, 5.74) is 1.24. The van der Waals surface area contributed by atoms with Crippen molar-refractivity contribution in [3.8, 4) is 5.75 Å². The van der Waals surface area contributed by atoms with Gasteiger partial charge in [-0.15, -0.1) is 13.2 Å². The van der Waals surface area contributed by atoms with Gasteiger partial charge in [-0.1, -0.05) is 29.8 Å². The molecular formula is C26H30F3NO9S. The number of carbonyl (C=O) groups excluding carboxylic acids is 2. The molecule has 1 saturated heterocycles. The first-order valence-electron chi connectivity index (χ1n) is 12.4. The Labute approximate surface area is 230 Å². The highest BCUT2D eigenvalue weighted by Gasteiger charge is 2.40. The van der Waals surface area contributed by atoms with E-state index < -0.39 is 54.0 Å². The van der Waals surface area contributed by atoms with E-state index >= 15 is 0 Å². The van der Waals surface area contributed by atoms with Crippen LogP contribution in [0.4, 0.5) is 18.0 Å². The number of rotatable bonds is 11. The van der Waals surface area contributed by atoms with Crippen LogP contribution in [0.2, 0.25) is 0 Å². The van der Waals surface area contributed by atoms with Gasteiger partial charge in [0.1, 0.15) is 11.8 Å². The first-order valence-corrected chi connectivity index (χ1v) is 13.8. The lowest BCUT2D eigenvalue weighted by Crippen LogP contribution is -2.49. The molecule has 0 spiro atoms. The van der Waals surface area contributed by atoms with Crippen LogP contribution in [0, 0.1) is 6.92 Å². The number of hydrogen-bond acceptors (Lipinski definition) is 9. The molecule has 0 saturated carbocycles. The highest BCUT2D eigenvalue weighted by molar-refractivity contribution is 7.86. The maximum absolute atomic E-state index is 12.9. The molecule has 0 bridgehead atoms. The quantitative estimate of drug-likeness (QED) is 0.279. The standard InChI is InChI=1S/C26H30F3NO9S/c1-18-6-12-21(13-7-18)40(33,34)37-16-14-30(25(32)39-26(27,28)29)22(24(31)35-2)17-19-8-10-20(11-9-19)38-23-5-3-4-15-36-23/h6-13,22-23H,3-5,14-17H2,1-2H3. The molecule has 2 aromatic carbocycles. The fourth-order valence-corrected chi connectivity index (χ4v) is 4.79. The number of ether oxygens (including phenoxy) is 4. The largest absolute Gasteiger partial charge is 0.576 e. The number of hydrogen-bond donors (Lipinski definition) is 0. The molecular weight excluding hydrogens is 559 g/mol. The minimum atomic E-state index is -5.36. The number of esters is 1. The van der Waals surface area contributed by atoms with Crippen LogP contribution in [0.5, 0.6) is 5.75 Å². The van der Waals surface area contributed by atoms with E-state index in [1.54, 1.807) is 31.2 Å². The summed E-state index contributed by atoms with van der Waals surface area (Å²) in [6.07, 6.45) is -5.31. The zero-order valence-corrected chi connectivity index (χ0v) is 22.7.